The molecule has 1 fully saturated rings. The van der Waals surface area contributed by atoms with Crippen molar-refractivity contribution in [1.82, 2.24) is 4.98 Å². The average Bonchev–Trinajstić information content (AvgIpc) is 3.08. The first-order valence-corrected chi connectivity index (χ1v) is 6.69. The highest BCUT2D eigenvalue weighted by atomic mass is 15.0. The van der Waals surface area contributed by atoms with Crippen LogP contribution in [0.25, 0.3) is 10.9 Å². The van der Waals surface area contributed by atoms with Crippen molar-refractivity contribution in [3.05, 3.63) is 30.3 Å². The number of pyridine rings is 1. The molecule has 1 aliphatic rings. The van der Waals surface area contributed by atoms with Crippen LogP contribution < -0.4 is 11.1 Å². The Kier molecular flexibility index (Phi) is 2.82. The van der Waals surface area contributed by atoms with Crippen molar-refractivity contribution >= 4 is 22.4 Å². The van der Waals surface area contributed by atoms with Crippen molar-refractivity contribution in [2.75, 3.05) is 11.1 Å². The maximum Gasteiger partial charge on any atom is 0.126 e. The smallest absolute Gasteiger partial charge is 0.126 e. The molecule has 3 nitrogen and oxygen atoms in total. The summed E-state index contributed by atoms with van der Waals surface area (Å²) in [6.07, 6.45) is 3.88. The summed E-state index contributed by atoms with van der Waals surface area (Å²) in [5, 5.41) is 4.61. The van der Waals surface area contributed by atoms with Gasteiger partial charge in [0, 0.05) is 17.1 Å². The lowest BCUT2D eigenvalue weighted by Crippen LogP contribution is -2.06. The highest BCUT2D eigenvalue weighted by Crippen LogP contribution is 2.37. The summed E-state index contributed by atoms with van der Waals surface area (Å²) in [5.41, 5.74) is 7.55. The Morgan fingerprint density at radius 2 is 2.22 bits per heavy atom. The second-order valence-electron chi connectivity index (χ2n) is 5.18. The molecular weight excluding hydrogens is 222 g/mol. The van der Waals surface area contributed by atoms with Gasteiger partial charge in [0.2, 0.25) is 0 Å². The number of rotatable bonds is 4. The number of nitrogens with two attached hydrogens (primary N) is 1. The zero-order valence-corrected chi connectivity index (χ0v) is 10.7. The minimum Gasteiger partial charge on any atom is -0.399 e. The molecule has 1 aromatic carbocycles. The first-order valence-electron chi connectivity index (χ1n) is 6.69. The lowest BCUT2D eigenvalue weighted by Gasteiger charge is -2.06. The first kappa shape index (κ1) is 11.3. The lowest BCUT2D eigenvalue weighted by molar-refractivity contribution is 0.692. The SMILES string of the molecule is CCCC1CC1Nc1ccc2cc(N)ccc2n1. The van der Waals surface area contributed by atoms with E-state index < -0.39 is 0 Å². The summed E-state index contributed by atoms with van der Waals surface area (Å²) >= 11 is 0. The number of nitrogen functional groups attached to an aromatic ring is 1. The number of benzene rings is 1. The Hall–Kier alpha value is -1.77. The normalized spacial score (nSPS) is 22.1. The van der Waals surface area contributed by atoms with Gasteiger partial charge in [-0.15, -0.1) is 0 Å². The molecule has 1 aliphatic carbocycles. The van der Waals surface area contributed by atoms with Crippen molar-refractivity contribution in [2.24, 2.45) is 5.92 Å². The van der Waals surface area contributed by atoms with E-state index >= 15 is 0 Å². The molecule has 1 heterocycles. The second-order valence-corrected chi connectivity index (χ2v) is 5.18. The van der Waals surface area contributed by atoms with Gasteiger partial charge in [-0.05, 0) is 49.1 Å². The number of nitrogens with zero attached hydrogens (tertiary/aromatic N) is 1. The molecule has 2 atom stereocenters. The van der Waals surface area contributed by atoms with Crippen LogP contribution >= 0.6 is 0 Å². The number of hydrogen-bond donors (Lipinski definition) is 2. The Balaban J connectivity index is 1.76. The number of anilines is 2. The van der Waals surface area contributed by atoms with Crippen molar-refractivity contribution in [2.45, 2.75) is 32.2 Å². The van der Waals surface area contributed by atoms with E-state index in [0.717, 1.165) is 28.3 Å². The van der Waals surface area contributed by atoms with E-state index in [2.05, 4.69) is 23.3 Å². The van der Waals surface area contributed by atoms with E-state index in [-0.39, 0.29) is 0 Å². The van der Waals surface area contributed by atoms with Gasteiger partial charge in [-0.1, -0.05) is 13.3 Å². The van der Waals surface area contributed by atoms with E-state index in [1.165, 1.54) is 19.3 Å². The highest BCUT2D eigenvalue weighted by Gasteiger charge is 2.35. The molecule has 1 saturated carbocycles. The molecule has 3 heteroatoms. The van der Waals surface area contributed by atoms with Gasteiger partial charge in [0.1, 0.15) is 5.82 Å². The summed E-state index contributed by atoms with van der Waals surface area (Å²) < 4.78 is 0. The molecule has 3 rings (SSSR count). The third-order valence-electron chi connectivity index (χ3n) is 3.63. The summed E-state index contributed by atoms with van der Waals surface area (Å²) in [6.45, 7) is 2.24. The second kappa shape index (κ2) is 4.48. The molecular formula is C15H19N3. The van der Waals surface area contributed by atoms with E-state index in [1.807, 2.05) is 24.3 Å². The molecule has 2 unspecified atom stereocenters. The van der Waals surface area contributed by atoms with Gasteiger partial charge in [-0.25, -0.2) is 4.98 Å². The summed E-state index contributed by atoms with van der Waals surface area (Å²) in [6, 6.07) is 10.6. The predicted molar refractivity (Wildman–Crippen MR) is 76.6 cm³/mol. The summed E-state index contributed by atoms with van der Waals surface area (Å²) in [4.78, 5) is 4.62. The third kappa shape index (κ3) is 2.26. The largest absolute Gasteiger partial charge is 0.399 e. The molecule has 94 valence electrons. The molecule has 0 saturated heterocycles. The van der Waals surface area contributed by atoms with Gasteiger partial charge in [0.15, 0.2) is 0 Å². The minimum atomic E-state index is 0.628. The fourth-order valence-corrected chi connectivity index (χ4v) is 2.53. The van der Waals surface area contributed by atoms with Gasteiger partial charge in [0.05, 0.1) is 5.52 Å². The van der Waals surface area contributed by atoms with Gasteiger partial charge < -0.3 is 11.1 Å². The lowest BCUT2D eigenvalue weighted by atomic mass is 10.2. The van der Waals surface area contributed by atoms with Crippen LogP contribution in [0.2, 0.25) is 0 Å². The molecule has 0 radical (unpaired) electrons. The monoisotopic (exact) mass is 241 g/mol. The number of hydrogen-bond acceptors (Lipinski definition) is 3. The van der Waals surface area contributed by atoms with E-state index in [9.17, 15) is 0 Å². The molecule has 0 spiro atoms. The highest BCUT2D eigenvalue weighted by molar-refractivity contribution is 5.83. The van der Waals surface area contributed by atoms with Gasteiger partial charge in [0.25, 0.3) is 0 Å². The zero-order valence-electron chi connectivity index (χ0n) is 10.7. The topological polar surface area (TPSA) is 50.9 Å². The number of nitrogens with one attached hydrogen (secondary N) is 1. The third-order valence-corrected chi connectivity index (χ3v) is 3.63. The summed E-state index contributed by atoms with van der Waals surface area (Å²) in [5.74, 6) is 1.83. The average molecular weight is 241 g/mol. The van der Waals surface area contributed by atoms with Crippen LogP contribution in [0.3, 0.4) is 0 Å². The molecule has 2 aromatic rings. The Morgan fingerprint density at radius 3 is 3.06 bits per heavy atom. The van der Waals surface area contributed by atoms with Crippen LogP contribution in [0.5, 0.6) is 0 Å². The molecule has 0 amide bonds. The fraction of sp³-hybridized carbons (Fsp3) is 0.400. The van der Waals surface area contributed by atoms with Gasteiger partial charge in [-0.3, -0.25) is 0 Å². The Labute approximate surface area is 107 Å². The molecule has 1 aromatic heterocycles. The maximum atomic E-state index is 5.76. The van der Waals surface area contributed by atoms with E-state index in [4.69, 9.17) is 5.73 Å². The predicted octanol–water partition coefficient (Wildman–Crippen LogP) is 3.42. The minimum absolute atomic E-state index is 0.628. The quantitative estimate of drug-likeness (QED) is 0.806. The van der Waals surface area contributed by atoms with Crippen molar-refractivity contribution in [3.8, 4) is 0 Å². The van der Waals surface area contributed by atoms with Crippen molar-refractivity contribution < 1.29 is 0 Å². The first-order chi connectivity index (χ1) is 8.76. The van der Waals surface area contributed by atoms with Crippen LogP contribution in [0.1, 0.15) is 26.2 Å². The van der Waals surface area contributed by atoms with Gasteiger partial charge in [-0.2, -0.15) is 0 Å². The maximum absolute atomic E-state index is 5.76. The van der Waals surface area contributed by atoms with E-state index in [0.29, 0.717) is 6.04 Å². The van der Waals surface area contributed by atoms with Crippen LogP contribution in [0.4, 0.5) is 11.5 Å². The van der Waals surface area contributed by atoms with Gasteiger partial charge >= 0.3 is 0 Å². The van der Waals surface area contributed by atoms with Crippen LogP contribution in [-0.2, 0) is 0 Å². The van der Waals surface area contributed by atoms with E-state index in [1.54, 1.807) is 0 Å². The van der Waals surface area contributed by atoms with Crippen LogP contribution in [0, 0.1) is 5.92 Å². The fourth-order valence-electron chi connectivity index (χ4n) is 2.53. The van der Waals surface area contributed by atoms with Crippen LogP contribution in [0.15, 0.2) is 30.3 Å². The van der Waals surface area contributed by atoms with Crippen molar-refractivity contribution in [3.63, 3.8) is 0 Å². The molecule has 0 aliphatic heterocycles. The molecule has 18 heavy (non-hydrogen) atoms. The molecule has 0 bridgehead atoms. The van der Waals surface area contributed by atoms with Crippen LogP contribution in [-0.4, -0.2) is 11.0 Å². The standard InChI is InChI=1S/C15H19N3/c1-2-3-10-9-14(10)18-15-7-4-11-8-12(16)5-6-13(11)17-15/h4-8,10,14H,2-3,9,16H2,1H3,(H,17,18). The number of aromatic nitrogens is 1. The zero-order chi connectivity index (χ0) is 12.5. The van der Waals surface area contributed by atoms with Crippen molar-refractivity contribution in [1.29, 1.82) is 0 Å². The Morgan fingerprint density at radius 1 is 1.33 bits per heavy atom. The Bertz CT molecular complexity index is 565. The molecule has 3 N–H and O–H groups in total. The number of fused-ring (bicyclic) bond motifs is 1. The summed E-state index contributed by atoms with van der Waals surface area (Å²) in [7, 11) is 0.